The summed E-state index contributed by atoms with van der Waals surface area (Å²) in [6.45, 7) is 7.54. The Hall–Kier alpha value is -3.01. The number of benzene rings is 1. The van der Waals surface area contributed by atoms with E-state index in [2.05, 4.69) is 10.6 Å². The zero-order valence-corrected chi connectivity index (χ0v) is 24.7. The summed E-state index contributed by atoms with van der Waals surface area (Å²) in [6, 6.07) is 3.50. The molecule has 1 aromatic carbocycles. The van der Waals surface area contributed by atoms with E-state index in [4.69, 9.17) is 25.8 Å². The number of nitrogens with zero attached hydrogens (tertiary/aromatic N) is 1. The van der Waals surface area contributed by atoms with Crippen LogP contribution in [0.2, 0.25) is 5.02 Å². The maximum atomic E-state index is 13.8. The van der Waals surface area contributed by atoms with Crippen molar-refractivity contribution in [2.45, 2.75) is 96.9 Å². The van der Waals surface area contributed by atoms with Crippen molar-refractivity contribution in [1.82, 2.24) is 15.5 Å². The number of amides is 3. The summed E-state index contributed by atoms with van der Waals surface area (Å²) in [7, 11) is 0. The highest BCUT2D eigenvalue weighted by Gasteiger charge is 2.41. The number of carbonyl (C=O) groups excluding carboxylic acids is 4. The molecular formula is C29H42ClN3O7. The van der Waals surface area contributed by atoms with Gasteiger partial charge in [-0.3, -0.25) is 9.59 Å². The minimum absolute atomic E-state index is 0.0105. The van der Waals surface area contributed by atoms with Crippen LogP contribution in [0, 0.1) is 5.92 Å². The Balaban J connectivity index is 1.69. The van der Waals surface area contributed by atoms with Crippen molar-refractivity contribution in [3.63, 3.8) is 0 Å². The molecule has 1 saturated carbocycles. The maximum Gasteiger partial charge on any atom is 0.408 e. The van der Waals surface area contributed by atoms with Crippen LogP contribution in [0.4, 0.5) is 4.79 Å². The van der Waals surface area contributed by atoms with Gasteiger partial charge in [0.25, 0.3) is 0 Å². The normalized spacial score (nSPS) is 18.5. The predicted molar refractivity (Wildman–Crippen MR) is 150 cm³/mol. The molecule has 2 fully saturated rings. The van der Waals surface area contributed by atoms with Crippen LogP contribution in [0.1, 0.15) is 78.2 Å². The number of halogens is 1. The maximum absolute atomic E-state index is 13.8. The van der Waals surface area contributed by atoms with Crippen molar-refractivity contribution in [2.24, 2.45) is 5.92 Å². The van der Waals surface area contributed by atoms with Crippen molar-refractivity contribution in [3.05, 3.63) is 28.8 Å². The van der Waals surface area contributed by atoms with Crippen molar-refractivity contribution >= 4 is 35.5 Å². The Labute approximate surface area is 241 Å². The van der Waals surface area contributed by atoms with E-state index in [9.17, 15) is 19.2 Å². The second-order valence-electron chi connectivity index (χ2n) is 11.3. The number of carbonyl (C=O) groups is 4. The number of nitrogens with one attached hydrogen (secondary N) is 2. The molecule has 0 unspecified atom stereocenters. The van der Waals surface area contributed by atoms with Crippen LogP contribution in [0.15, 0.2) is 18.2 Å². The number of ether oxygens (including phenoxy) is 3. The Morgan fingerprint density at radius 3 is 2.48 bits per heavy atom. The molecule has 11 heteroatoms. The van der Waals surface area contributed by atoms with Crippen LogP contribution in [-0.4, -0.2) is 66.2 Å². The molecule has 1 aromatic rings. The molecule has 1 saturated heterocycles. The number of esters is 1. The lowest BCUT2D eigenvalue weighted by atomic mass is 9.83. The van der Waals surface area contributed by atoms with Crippen molar-refractivity contribution in [3.8, 4) is 5.75 Å². The van der Waals surface area contributed by atoms with Crippen LogP contribution in [0.5, 0.6) is 5.75 Å². The highest BCUT2D eigenvalue weighted by atomic mass is 35.5. The van der Waals surface area contributed by atoms with Gasteiger partial charge in [0, 0.05) is 23.7 Å². The average molecular weight is 580 g/mol. The SMILES string of the molecule is CCOC(=O)COc1ccc(Cl)cc1CNC(=O)[C@@H]1CCCN1C(=O)[C@H](NC(=O)OC(C)(C)C)C1CCCCC1. The van der Waals surface area contributed by atoms with Gasteiger partial charge < -0.3 is 29.7 Å². The third-order valence-electron chi connectivity index (χ3n) is 7.02. The molecule has 1 aliphatic heterocycles. The number of likely N-dealkylation sites (tertiary alicyclic amines) is 1. The summed E-state index contributed by atoms with van der Waals surface area (Å²) in [5.74, 6) is -0.668. The molecule has 3 rings (SSSR count). The fourth-order valence-electron chi connectivity index (χ4n) is 5.23. The van der Waals surface area contributed by atoms with E-state index in [0.29, 0.717) is 35.7 Å². The van der Waals surface area contributed by atoms with Gasteiger partial charge in [0.15, 0.2) is 6.61 Å². The molecule has 2 aliphatic rings. The largest absolute Gasteiger partial charge is 0.482 e. The minimum Gasteiger partial charge on any atom is -0.482 e. The fraction of sp³-hybridized carbons (Fsp3) is 0.655. The standard InChI is InChI=1S/C29H42ClN3O7/c1-5-38-24(34)18-39-23-14-13-21(30)16-20(23)17-31-26(35)22-12-9-15-33(22)27(36)25(19-10-7-6-8-11-19)32-28(37)40-29(2,3)4/h13-14,16,19,22,25H,5-12,15,17-18H2,1-4H3,(H,31,35)(H,32,37)/t22-,25+/m0/s1. The molecule has 2 N–H and O–H groups in total. The predicted octanol–water partition coefficient (Wildman–Crippen LogP) is 4.36. The Kier molecular flexibility index (Phi) is 11.5. The molecule has 0 bridgehead atoms. The number of hydrogen-bond acceptors (Lipinski definition) is 7. The summed E-state index contributed by atoms with van der Waals surface area (Å²) in [4.78, 5) is 53.1. The van der Waals surface area contributed by atoms with Gasteiger partial charge >= 0.3 is 12.1 Å². The smallest absolute Gasteiger partial charge is 0.408 e. The minimum atomic E-state index is -0.751. The van der Waals surface area contributed by atoms with Crippen LogP contribution in [0.25, 0.3) is 0 Å². The summed E-state index contributed by atoms with van der Waals surface area (Å²) in [5, 5.41) is 6.18. The van der Waals surface area contributed by atoms with Crippen molar-refractivity contribution in [2.75, 3.05) is 19.8 Å². The molecule has 40 heavy (non-hydrogen) atoms. The fourth-order valence-corrected chi connectivity index (χ4v) is 5.43. The molecule has 0 aromatic heterocycles. The average Bonchev–Trinajstić information content (AvgIpc) is 3.39. The molecule has 0 radical (unpaired) electrons. The van der Waals surface area contributed by atoms with Crippen LogP contribution in [0.3, 0.4) is 0 Å². The topological polar surface area (TPSA) is 123 Å². The number of alkyl carbamates (subject to hydrolysis) is 1. The van der Waals surface area contributed by atoms with E-state index in [1.54, 1.807) is 50.8 Å². The first kappa shape index (κ1) is 31.5. The Morgan fingerprint density at radius 1 is 1.07 bits per heavy atom. The zero-order valence-electron chi connectivity index (χ0n) is 23.9. The molecule has 3 amide bonds. The van der Waals surface area contributed by atoms with Gasteiger partial charge in [-0.25, -0.2) is 9.59 Å². The first-order valence-corrected chi connectivity index (χ1v) is 14.5. The van der Waals surface area contributed by atoms with Gasteiger partial charge in [-0.15, -0.1) is 0 Å². The van der Waals surface area contributed by atoms with E-state index in [-0.39, 0.29) is 37.5 Å². The highest BCUT2D eigenvalue weighted by Crippen LogP contribution is 2.30. The molecule has 222 valence electrons. The Morgan fingerprint density at radius 2 is 1.80 bits per heavy atom. The van der Waals surface area contributed by atoms with E-state index in [1.807, 2.05) is 0 Å². The molecular weight excluding hydrogens is 538 g/mol. The summed E-state index contributed by atoms with van der Waals surface area (Å²) in [5.41, 5.74) is -0.104. The Bertz CT molecular complexity index is 1050. The van der Waals surface area contributed by atoms with Gasteiger partial charge in [-0.2, -0.15) is 0 Å². The first-order chi connectivity index (χ1) is 19.0. The lowest BCUT2D eigenvalue weighted by molar-refractivity contribution is -0.145. The van der Waals surface area contributed by atoms with E-state index >= 15 is 0 Å². The second kappa shape index (κ2) is 14.6. The summed E-state index contributed by atoms with van der Waals surface area (Å²) < 4.78 is 16.0. The summed E-state index contributed by atoms with van der Waals surface area (Å²) >= 11 is 6.17. The van der Waals surface area contributed by atoms with Gasteiger partial charge in [0.1, 0.15) is 23.4 Å². The number of rotatable bonds is 10. The van der Waals surface area contributed by atoms with Crippen LogP contribution >= 0.6 is 11.6 Å². The monoisotopic (exact) mass is 579 g/mol. The van der Waals surface area contributed by atoms with Crippen molar-refractivity contribution < 1.29 is 33.4 Å². The zero-order chi connectivity index (χ0) is 29.3. The highest BCUT2D eigenvalue weighted by molar-refractivity contribution is 6.30. The molecule has 2 atom stereocenters. The van der Waals surface area contributed by atoms with Crippen LogP contribution in [-0.2, 0) is 30.4 Å². The van der Waals surface area contributed by atoms with E-state index in [1.165, 1.54) is 0 Å². The van der Waals surface area contributed by atoms with E-state index < -0.39 is 29.7 Å². The third-order valence-corrected chi connectivity index (χ3v) is 7.26. The molecule has 0 spiro atoms. The van der Waals surface area contributed by atoms with Crippen molar-refractivity contribution in [1.29, 1.82) is 0 Å². The molecule has 10 nitrogen and oxygen atoms in total. The van der Waals surface area contributed by atoms with Crippen LogP contribution < -0.4 is 15.4 Å². The second-order valence-corrected chi connectivity index (χ2v) is 11.7. The molecule has 1 heterocycles. The lowest BCUT2D eigenvalue weighted by Crippen LogP contribution is -2.56. The molecule has 1 aliphatic carbocycles. The number of hydrogen-bond donors (Lipinski definition) is 2. The van der Waals surface area contributed by atoms with Gasteiger partial charge in [0.2, 0.25) is 11.8 Å². The third kappa shape index (κ3) is 9.28. The van der Waals surface area contributed by atoms with Gasteiger partial charge in [-0.1, -0.05) is 30.9 Å². The first-order valence-electron chi connectivity index (χ1n) is 14.1. The van der Waals surface area contributed by atoms with Gasteiger partial charge in [0.05, 0.1) is 6.61 Å². The quantitative estimate of drug-likeness (QED) is 0.395. The summed E-state index contributed by atoms with van der Waals surface area (Å²) in [6.07, 6.45) is 5.33. The van der Waals surface area contributed by atoms with Gasteiger partial charge in [-0.05, 0) is 77.5 Å². The van der Waals surface area contributed by atoms with E-state index in [0.717, 1.165) is 32.1 Å². The lowest BCUT2D eigenvalue weighted by Gasteiger charge is -2.35.